The van der Waals surface area contributed by atoms with Crippen LogP contribution in [-0.2, 0) is 17.7 Å². The van der Waals surface area contributed by atoms with Gasteiger partial charge in [-0.2, -0.15) is 0 Å². The molecule has 3 aromatic heterocycles. The van der Waals surface area contributed by atoms with Crippen molar-refractivity contribution in [3.05, 3.63) is 81.2 Å². The highest BCUT2D eigenvalue weighted by molar-refractivity contribution is 9.10. The number of halogens is 1. The second-order valence-corrected chi connectivity index (χ2v) is 11.2. The fourth-order valence-corrected chi connectivity index (χ4v) is 5.21. The molecule has 0 atom stereocenters. The molecule has 2 aromatic carbocycles. The predicted molar refractivity (Wildman–Crippen MR) is 154 cm³/mol. The minimum absolute atomic E-state index is 0.213. The molecule has 0 saturated carbocycles. The van der Waals surface area contributed by atoms with Gasteiger partial charge in [0.2, 0.25) is 0 Å². The van der Waals surface area contributed by atoms with E-state index in [1.165, 1.54) is 0 Å². The van der Waals surface area contributed by atoms with Crippen LogP contribution in [0.15, 0.2) is 57.4 Å². The molecule has 5 aromatic rings. The van der Waals surface area contributed by atoms with E-state index in [0.717, 1.165) is 32.3 Å². The van der Waals surface area contributed by atoms with Gasteiger partial charge < -0.3 is 19.5 Å². The summed E-state index contributed by atoms with van der Waals surface area (Å²) in [7, 11) is 0. The van der Waals surface area contributed by atoms with Crippen LogP contribution in [0, 0.1) is 6.92 Å². The van der Waals surface area contributed by atoms with Crippen molar-refractivity contribution in [2.75, 3.05) is 0 Å². The Morgan fingerprint density at radius 3 is 2.54 bits per heavy atom. The van der Waals surface area contributed by atoms with E-state index in [-0.39, 0.29) is 5.69 Å². The third-order valence-electron chi connectivity index (χ3n) is 6.36. The lowest BCUT2D eigenvalue weighted by Gasteiger charge is -2.20. The maximum Gasteiger partial charge on any atom is 0.339 e. The normalized spacial score (nSPS) is 11.8. The zero-order valence-corrected chi connectivity index (χ0v) is 24.0. The number of rotatable bonds is 6. The zero-order chi connectivity index (χ0) is 28.1. The van der Waals surface area contributed by atoms with Crippen LogP contribution in [-0.4, -0.2) is 32.0 Å². The molecule has 0 saturated heterocycles. The summed E-state index contributed by atoms with van der Waals surface area (Å²) in [5.74, 6) is 0.423. The predicted octanol–water partition coefficient (Wildman–Crippen LogP) is 6.58. The molecular weight excluding hydrogens is 560 g/mol. The summed E-state index contributed by atoms with van der Waals surface area (Å²) < 4.78 is 14.6. The number of carbonyl (C=O) groups is 2. The molecule has 200 valence electrons. The van der Waals surface area contributed by atoms with Crippen LogP contribution in [0.4, 0.5) is 0 Å². The molecule has 9 heteroatoms. The zero-order valence-electron chi connectivity index (χ0n) is 22.5. The van der Waals surface area contributed by atoms with E-state index in [9.17, 15) is 9.59 Å². The number of imidazole rings is 1. The minimum Gasteiger partial charge on any atom is -0.456 e. The average Bonchev–Trinajstić information content (AvgIpc) is 3.40. The Hall–Kier alpha value is -3.98. The molecule has 0 aliphatic carbocycles. The Morgan fingerprint density at radius 2 is 1.85 bits per heavy atom. The molecule has 1 amide bonds. The van der Waals surface area contributed by atoms with Gasteiger partial charge in [-0.25, -0.2) is 14.8 Å². The van der Waals surface area contributed by atoms with Crippen molar-refractivity contribution in [2.45, 2.75) is 53.2 Å². The molecule has 0 fully saturated rings. The van der Waals surface area contributed by atoms with E-state index in [4.69, 9.17) is 19.9 Å². The third kappa shape index (κ3) is 5.06. The molecule has 2 N–H and O–H groups in total. The monoisotopic (exact) mass is 588 g/mol. The van der Waals surface area contributed by atoms with Crippen LogP contribution >= 0.6 is 15.9 Å². The number of hydrogen-bond donors (Lipinski definition) is 1. The molecule has 8 nitrogen and oxygen atoms in total. The number of furan rings is 1. The van der Waals surface area contributed by atoms with Gasteiger partial charge in [-0.05, 0) is 79.0 Å². The van der Waals surface area contributed by atoms with E-state index < -0.39 is 17.5 Å². The molecule has 0 unspecified atom stereocenters. The number of nitrogens with two attached hydrogens (primary N) is 1. The van der Waals surface area contributed by atoms with Gasteiger partial charge in [0.05, 0.1) is 16.6 Å². The van der Waals surface area contributed by atoms with E-state index >= 15 is 0 Å². The standard InChI is InChI=1S/C30H29BrN4O4/c1-6-23-34-25-16(2)13-21(27(32)36)33-28(25)35(23)15-17-11-12-22-20(14-17)24(31)26(38-22)18-9-7-8-10-19(18)29(37)39-30(3,4)5/h7-14H,6,15H2,1-5H3,(H2,32,36). The summed E-state index contributed by atoms with van der Waals surface area (Å²) in [5.41, 5.74) is 10.1. The summed E-state index contributed by atoms with van der Waals surface area (Å²) in [5, 5.41) is 0.867. The first-order valence-corrected chi connectivity index (χ1v) is 13.5. The smallest absolute Gasteiger partial charge is 0.339 e. The van der Waals surface area contributed by atoms with E-state index in [1.807, 2.05) is 69.5 Å². The number of fused-ring (bicyclic) bond motifs is 2. The molecule has 0 spiro atoms. The van der Waals surface area contributed by atoms with Crippen molar-refractivity contribution in [2.24, 2.45) is 5.73 Å². The van der Waals surface area contributed by atoms with E-state index in [0.29, 0.717) is 41.1 Å². The van der Waals surface area contributed by atoms with Gasteiger partial charge in [0.1, 0.15) is 34.0 Å². The number of carbonyl (C=O) groups excluding carboxylic acids is 2. The number of ether oxygens (including phenoxy) is 1. The summed E-state index contributed by atoms with van der Waals surface area (Å²) in [6, 6.07) is 14.9. The average molecular weight is 589 g/mol. The first kappa shape index (κ1) is 26.6. The van der Waals surface area contributed by atoms with Crippen LogP contribution in [0.1, 0.15) is 65.5 Å². The quantitative estimate of drug-likeness (QED) is 0.224. The Kier molecular flexibility index (Phi) is 6.80. The molecular formula is C30H29BrN4O4. The fourth-order valence-electron chi connectivity index (χ4n) is 4.61. The Bertz CT molecular complexity index is 1760. The number of benzene rings is 2. The molecule has 5 rings (SSSR count). The molecule has 0 bridgehead atoms. The van der Waals surface area contributed by atoms with Crippen LogP contribution in [0.25, 0.3) is 33.5 Å². The number of aryl methyl sites for hydroxylation is 2. The molecule has 0 aliphatic rings. The van der Waals surface area contributed by atoms with Crippen molar-refractivity contribution >= 4 is 49.9 Å². The van der Waals surface area contributed by atoms with E-state index in [2.05, 4.69) is 20.9 Å². The first-order chi connectivity index (χ1) is 18.5. The number of hydrogen-bond acceptors (Lipinski definition) is 6. The van der Waals surface area contributed by atoms with Crippen molar-refractivity contribution in [3.8, 4) is 11.3 Å². The van der Waals surface area contributed by atoms with Gasteiger partial charge >= 0.3 is 5.97 Å². The van der Waals surface area contributed by atoms with Crippen molar-refractivity contribution in [1.82, 2.24) is 14.5 Å². The molecule has 39 heavy (non-hydrogen) atoms. The number of aromatic nitrogens is 3. The maximum atomic E-state index is 12.9. The lowest BCUT2D eigenvalue weighted by molar-refractivity contribution is 0.00701. The van der Waals surface area contributed by atoms with Crippen LogP contribution < -0.4 is 5.73 Å². The lowest BCUT2D eigenvalue weighted by atomic mass is 10.0. The van der Waals surface area contributed by atoms with Crippen LogP contribution in [0.2, 0.25) is 0 Å². The van der Waals surface area contributed by atoms with Crippen molar-refractivity contribution in [1.29, 1.82) is 0 Å². The topological polar surface area (TPSA) is 113 Å². The van der Waals surface area contributed by atoms with Gasteiger partial charge in [0.25, 0.3) is 5.91 Å². The minimum atomic E-state index is -0.620. The maximum absolute atomic E-state index is 12.9. The summed E-state index contributed by atoms with van der Waals surface area (Å²) >= 11 is 3.72. The fraction of sp³-hybridized carbons (Fsp3) is 0.267. The highest BCUT2D eigenvalue weighted by Crippen LogP contribution is 2.40. The lowest BCUT2D eigenvalue weighted by Crippen LogP contribution is -2.24. The van der Waals surface area contributed by atoms with Crippen molar-refractivity contribution < 1.29 is 18.7 Å². The molecule has 0 radical (unpaired) electrons. The van der Waals surface area contributed by atoms with Gasteiger partial charge in [0, 0.05) is 17.4 Å². The van der Waals surface area contributed by atoms with Crippen LogP contribution in [0.3, 0.4) is 0 Å². The Labute approximate surface area is 234 Å². The van der Waals surface area contributed by atoms with Gasteiger partial charge in [0.15, 0.2) is 5.65 Å². The number of nitrogens with zero attached hydrogens (tertiary/aromatic N) is 3. The molecule has 0 aliphatic heterocycles. The highest BCUT2D eigenvalue weighted by atomic mass is 79.9. The third-order valence-corrected chi connectivity index (χ3v) is 7.15. The Balaban J connectivity index is 1.57. The second kappa shape index (κ2) is 9.96. The molecule has 3 heterocycles. The van der Waals surface area contributed by atoms with Crippen LogP contribution in [0.5, 0.6) is 0 Å². The number of pyridine rings is 1. The summed E-state index contributed by atoms with van der Waals surface area (Å²) in [4.78, 5) is 34.1. The number of primary amides is 1. The summed E-state index contributed by atoms with van der Waals surface area (Å²) in [6.45, 7) is 9.94. The second-order valence-electron chi connectivity index (χ2n) is 10.5. The van der Waals surface area contributed by atoms with Gasteiger partial charge in [-0.3, -0.25) is 4.79 Å². The first-order valence-electron chi connectivity index (χ1n) is 12.7. The summed E-state index contributed by atoms with van der Waals surface area (Å²) in [6.07, 6.45) is 0.699. The number of amides is 1. The highest BCUT2D eigenvalue weighted by Gasteiger charge is 2.24. The van der Waals surface area contributed by atoms with Gasteiger partial charge in [-0.15, -0.1) is 0 Å². The largest absolute Gasteiger partial charge is 0.456 e. The number of esters is 1. The van der Waals surface area contributed by atoms with E-state index in [1.54, 1.807) is 18.2 Å². The Morgan fingerprint density at radius 1 is 1.10 bits per heavy atom. The SMILES string of the molecule is CCc1nc2c(C)cc(C(N)=O)nc2n1Cc1ccc2oc(-c3ccccc3C(=O)OC(C)(C)C)c(Br)c2c1. The van der Waals surface area contributed by atoms with Gasteiger partial charge in [-0.1, -0.05) is 31.2 Å². The van der Waals surface area contributed by atoms with Crippen molar-refractivity contribution in [3.63, 3.8) is 0 Å².